The molecular formula is C11H23N3O. The molecule has 1 rings (SSSR count). The minimum Gasteiger partial charge on any atom is -0.325 e. The Kier molecular flexibility index (Phi) is 3.60. The number of amides is 2. The number of urea groups is 1. The van der Waals surface area contributed by atoms with Crippen molar-refractivity contribution in [3.8, 4) is 0 Å². The molecule has 1 aliphatic heterocycles. The van der Waals surface area contributed by atoms with Gasteiger partial charge in [-0.2, -0.15) is 0 Å². The predicted octanol–water partition coefficient (Wildman–Crippen LogP) is 1.12. The molecule has 2 amide bonds. The monoisotopic (exact) mass is 213 g/mol. The molecular weight excluding hydrogens is 190 g/mol. The van der Waals surface area contributed by atoms with Crippen LogP contribution in [-0.2, 0) is 0 Å². The van der Waals surface area contributed by atoms with Crippen molar-refractivity contribution in [2.75, 3.05) is 26.2 Å². The fourth-order valence-corrected chi connectivity index (χ4v) is 1.86. The van der Waals surface area contributed by atoms with Gasteiger partial charge in [-0.05, 0) is 19.8 Å². The van der Waals surface area contributed by atoms with Gasteiger partial charge < -0.3 is 15.5 Å². The van der Waals surface area contributed by atoms with E-state index in [1.807, 2.05) is 23.6 Å². The lowest BCUT2D eigenvalue weighted by Gasteiger charge is -2.51. The third kappa shape index (κ3) is 2.25. The standard InChI is InChI=1S/C11H23N3O/c1-5-13(6-2)10(15)14-7-11(12,8-14)9(3)4/h9H,5-8,12H2,1-4H3. The fraction of sp³-hybridized carbons (Fsp3) is 0.909. The van der Waals surface area contributed by atoms with Crippen LogP contribution in [0.4, 0.5) is 4.79 Å². The van der Waals surface area contributed by atoms with Gasteiger partial charge in [-0.3, -0.25) is 0 Å². The van der Waals surface area contributed by atoms with Crippen LogP contribution in [0.3, 0.4) is 0 Å². The highest BCUT2D eigenvalue weighted by Crippen LogP contribution is 2.26. The molecule has 1 aliphatic rings. The van der Waals surface area contributed by atoms with E-state index in [1.54, 1.807) is 0 Å². The molecule has 0 aromatic heterocycles. The van der Waals surface area contributed by atoms with Crippen LogP contribution in [0.1, 0.15) is 27.7 Å². The Hall–Kier alpha value is -0.770. The van der Waals surface area contributed by atoms with Crippen molar-refractivity contribution >= 4 is 6.03 Å². The number of nitrogens with two attached hydrogens (primary N) is 1. The van der Waals surface area contributed by atoms with E-state index in [1.165, 1.54) is 0 Å². The van der Waals surface area contributed by atoms with Gasteiger partial charge in [0.2, 0.25) is 0 Å². The third-order valence-corrected chi connectivity index (χ3v) is 3.42. The zero-order chi connectivity index (χ0) is 11.6. The molecule has 0 saturated carbocycles. The lowest BCUT2D eigenvalue weighted by Crippen LogP contribution is -2.72. The van der Waals surface area contributed by atoms with Crippen molar-refractivity contribution in [2.24, 2.45) is 11.7 Å². The first-order valence-corrected chi connectivity index (χ1v) is 5.77. The van der Waals surface area contributed by atoms with Crippen molar-refractivity contribution in [2.45, 2.75) is 33.2 Å². The highest BCUT2D eigenvalue weighted by atomic mass is 16.2. The van der Waals surface area contributed by atoms with Crippen LogP contribution in [0, 0.1) is 5.92 Å². The van der Waals surface area contributed by atoms with Crippen molar-refractivity contribution in [3.05, 3.63) is 0 Å². The van der Waals surface area contributed by atoms with E-state index in [0.717, 1.165) is 13.1 Å². The van der Waals surface area contributed by atoms with E-state index in [-0.39, 0.29) is 11.6 Å². The lowest BCUT2D eigenvalue weighted by atomic mass is 9.80. The Bertz CT molecular complexity index is 230. The molecule has 0 unspecified atom stereocenters. The second-order valence-corrected chi connectivity index (χ2v) is 4.70. The van der Waals surface area contributed by atoms with Crippen LogP contribution < -0.4 is 5.73 Å². The zero-order valence-electron chi connectivity index (χ0n) is 10.3. The van der Waals surface area contributed by atoms with Crippen LogP contribution in [0.15, 0.2) is 0 Å². The van der Waals surface area contributed by atoms with Gasteiger partial charge in [0.05, 0.1) is 5.54 Å². The summed E-state index contributed by atoms with van der Waals surface area (Å²) >= 11 is 0. The summed E-state index contributed by atoms with van der Waals surface area (Å²) in [5.74, 6) is 0.429. The number of rotatable bonds is 3. The second kappa shape index (κ2) is 4.39. The molecule has 0 aromatic rings. The number of likely N-dealkylation sites (tertiary alicyclic amines) is 1. The molecule has 0 aliphatic carbocycles. The van der Waals surface area contributed by atoms with Crippen LogP contribution in [0.5, 0.6) is 0 Å². The quantitative estimate of drug-likeness (QED) is 0.763. The van der Waals surface area contributed by atoms with Gasteiger partial charge in [0.1, 0.15) is 0 Å². The molecule has 0 aromatic carbocycles. The summed E-state index contributed by atoms with van der Waals surface area (Å²) in [5, 5.41) is 0. The molecule has 1 fully saturated rings. The first-order valence-electron chi connectivity index (χ1n) is 5.77. The summed E-state index contributed by atoms with van der Waals surface area (Å²) in [4.78, 5) is 15.6. The summed E-state index contributed by atoms with van der Waals surface area (Å²) in [6.07, 6.45) is 0. The smallest absolute Gasteiger partial charge is 0.320 e. The minimum atomic E-state index is -0.164. The first-order chi connectivity index (χ1) is 6.94. The zero-order valence-corrected chi connectivity index (χ0v) is 10.3. The second-order valence-electron chi connectivity index (χ2n) is 4.70. The summed E-state index contributed by atoms with van der Waals surface area (Å²) in [6, 6.07) is 0.127. The van der Waals surface area contributed by atoms with Gasteiger partial charge in [0.15, 0.2) is 0 Å². The van der Waals surface area contributed by atoms with Crippen molar-refractivity contribution in [1.29, 1.82) is 0 Å². The molecule has 4 heteroatoms. The van der Waals surface area contributed by atoms with Crippen molar-refractivity contribution in [3.63, 3.8) is 0 Å². The number of carbonyl (C=O) groups is 1. The molecule has 1 heterocycles. The summed E-state index contributed by atoms with van der Waals surface area (Å²) < 4.78 is 0. The number of nitrogens with zero attached hydrogens (tertiary/aromatic N) is 2. The van der Waals surface area contributed by atoms with Crippen LogP contribution >= 0.6 is 0 Å². The maximum Gasteiger partial charge on any atom is 0.320 e. The lowest BCUT2D eigenvalue weighted by molar-refractivity contribution is 0.0485. The Morgan fingerprint density at radius 3 is 2.20 bits per heavy atom. The van der Waals surface area contributed by atoms with Gasteiger partial charge in [0, 0.05) is 26.2 Å². The van der Waals surface area contributed by atoms with Crippen molar-refractivity contribution < 1.29 is 4.79 Å². The SMILES string of the molecule is CCN(CC)C(=O)N1CC(N)(C(C)C)C1. The normalized spacial score (nSPS) is 18.9. The Balaban J connectivity index is 2.48. The third-order valence-electron chi connectivity index (χ3n) is 3.42. The highest BCUT2D eigenvalue weighted by Gasteiger charge is 2.44. The molecule has 0 radical (unpaired) electrons. The average Bonchev–Trinajstić information content (AvgIpc) is 2.14. The fourth-order valence-electron chi connectivity index (χ4n) is 1.86. The topological polar surface area (TPSA) is 49.6 Å². The molecule has 2 N–H and O–H groups in total. The molecule has 4 nitrogen and oxygen atoms in total. The van der Waals surface area contributed by atoms with Crippen LogP contribution in [0.25, 0.3) is 0 Å². The number of hydrogen-bond donors (Lipinski definition) is 1. The predicted molar refractivity (Wildman–Crippen MR) is 61.6 cm³/mol. The van der Waals surface area contributed by atoms with Gasteiger partial charge in [-0.25, -0.2) is 4.79 Å². The van der Waals surface area contributed by atoms with Crippen LogP contribution in [0.2, 0.25) is 0 Å². The number of carbonyl (C=O) groups excluding carboxylic acids is 1. The van der Waals surface area contributed by atoms with E-state index < -0.39 is 0 Å². The Labute approximate surface area is 92.4 Å². The maximum absolute atomic E-state index is 11.9. The molecule has 0 atom stereocenters. The summed E-state index contributed by atoms with van der Waals surface area (Å²) in [6.45, 7) is 11.1. The highest BCUT2D eigenvalue weighted by molar-refractivity contribution is 5.75. The average molecular weight is 213 g/mol. The van der Waals surface area contributed by atoms with E-state index in [0.29, 0.717) is 19.0 Å². The Morgan fingerprint density at radius 1 is 1.40 bits per heavy atom. The summed E-state index contributed by atoms with van der Waals surface area (Å²) in [7, 11) is 0. The van der Waals surface area contributed by atoms with E-state index >= 15 is 0 Å². The molecule has 1 saturated heterocycles. The Morgan fingerprint density at radius 2 is 1.87 bits per heavy atom. The van der Waals surface area contributed by atoms with E-state index in [4.69, 9.17) is 5.73 Å². The largest absolute Gasteiger partial charge is 0.325 e. The van der Waals surface area contributed by atoms with Gasteiger partial charge in [-0.1, -0.05) is 13.8 Å². The molecule has 15 heavy (non-hydrogen) atoms. The van der Waals surface area contributed by atoms with E-state index in [9.17, 15) is 4.79 Å². The van der Waals surface area contributed by atoms with Gasteiger partial charge in [0.25, 0.3) is 0 Å². The maximum atomic E-state index is 11.9. The van der Waals surface area contributed by atoms with Gasteiger partial charge >= 0.3 is 6.03 Å². The minimum absolute atomic E-state index is 0.127. The van der Waals surface area contributed by atoms with Crippen LogP contribution in [-0.4, -0.2) is 47.5 Å². The first kappa shape index (κ1) is 12.3. The van der Waals surface area contributed by atoms with Crippen molar-refractivity contribution in [1.82, 2.24) is 9.80 Å². The molecule has 0 bridgehead atoms. The number of hydrogen-bond acceptors (Lipinski definition) is 2. The van der Waals surface area contributed by atoms with Gasteiger partial charge in [-0.15, -0.1) is 0 Å². The molecule has 88 valence electrons. The van der Waals surface area contributed by atoms with E-state index in [2.05, 4.69) is 13.8 Å². The molecule has 0 spiro atoms. The summed E-state index contributed by atoms with van der Waals surface area (Å²) in [5.41, 5.74) is 5.98.